The van der Waals surface area contributed by atoms with E-state index in [-0.39, 0.29) is 17.0 Å². The lowest BCUT2D eigenvalue weighted by Crippen LogP contribution is -2.35. The quantitative estimate of drug-likeness (QED) is 0.820. The molecule has 1 aromatic heterocycles. The Morgan fingerprint density at radius 3 is 2.93 bits per heavy atom. The van der Waals surface area contributed by atoms with Gasteiger partial charge in [-0.2, -0.15) is 5.10 Å². The highest BCUT2D eigenvalue weighted by atomic mass is 19.1. The summed E-state index contributed by atoms with van der Waals surface area (Å²) in [5.74, 6) is -0.778. The first kappa shape index (κ1) is 19.6. The first-order valence-electron chi connectivity index (χ1n) is 10.1. The van der Waals surface area contributed by atoms with E-state index in [0.717, 1.165) is 43.7 Å². The summed E-state index contributed by atoms with van der Waals surface area (Å²) in [5, 5.41) is 10.0. The molecular formula is C21H26FN5O2. The first-order chi connectivity index (χ1) is 14.0. The Morgan fingerprint density at radius 1 is 1.21 bits per heavy atom. The fourth-order valence-electron chi connectivity index (χ4n) is 4.04. The Balaban J connectivity index is 1.59. The van der Waals surface area contributed by atoms with E-state index in [1.165, 1.54) is 6.07 Å². The third-order valence-corrected chi connectivity index (χ3v) is 5.70. The number of halogens is 1. The summed E-state index contributed by atoms with van der Waals surface area (Å²) in [6, 6.07) is 4.64. The number of nitrogens with zero attached hydrogens (tertiary/aromatic N) is 3. The molecule has 8 heteroatoms. The Morgan fingerprint density at radius 2 is 2.07 bits per heavy atom. The minimum absolute atomic E-state index is 0.0957. The number of likely N-dealkylation sites (N-methyl/N-ethyl adjacent to an activating group) is 1. The maximum atomic E-state index is 14.5. The second-order valence-corrected chi connectivity index (χ2v) is 7.82. The van der Waals surface area contributed by atoms with Gasteiger partial charge in [-0.1, -0.05) is 6.07 Å². The molecule has 0 radical (unpaired) electrons. The molecule has 7 nitrogen and oxygen atoms in total. The van der Waals surface area contributed by atoms with Crippen molar-refractivity contribution in [3.05, 3.63) is 56.8 Å². The predicted octanol–water partition coefficient (Wildman–Crippen LogP) is 1.64. The maximum Gasteiger partial charge on any atom is 0.269 e. The van der Waals surface area contributed by atoms with E-state index in [1.807, 2.05) is 7.05 Å². The summed E-state index contributed by atoms with van der Waals surface area (Å²) in [6.45, 7) is 3.74. The molecule has 154 valence electrons. The highest BCUT2D eigenvalue weighted by molar-refractivity contribution is 5.94. The molecule has 0 bridgehead atoms. The number of aromatic nitrogens is 2. The Bertz CT molecular complexity index is 974. The van der Waals surface area contributed by atoms with Gasteiger partial charge >= 0.3 is 0 Å². The van der Waals surface area contributed by atoms with Crippen LogP contribution in [0.1, 0.15) is 40.0 Å². The number of hydrogen-bond donors (Lipinski definition) is 2. The van der Waals surface area contributed by atoms with Gasteiger partial charge in [0.2, 0.25) is 0 Å². The zero-order valence-corrected chi connectivity index (χ0v) is 16.6. The number of hydrogen-bond acceptors (Lipinski definition) is 5. The van der Waals surface area contributed by atoms with Crippen molar-refractivity contribution in [3.63, 3.8) is 0 Å². The standard InChI is InChI=1S/C21H26FN5O2/c1-26-8-3-9-27(11-10-26)21(29)16-12-14(5-6-17(16)22)13-18-19-15(4-2-7-23-19)20(28)25-24-18/h5-6,12,23H,2-4,7-11,13H2,1H3,(H,25,28). The number of aromatic amines is 1. The number of amides is 1. The molecule has 1 aromatic carbocycles. The van der Waals surface area contributed by atoms with Gasteiger partial charge in [0.25, 0.3) is 11.5 Å². The van der Waals surface area contributed by atoms with Crippen LogP contribution >= 0.6 is 0 Å². The number of carbonyl (C=O) groups excluding carboxylic acids is 1. The number of fused-ring (bicyclic) bond motifs is 1. The SMILES string of the molecule is CN1CCCN(C(=O)c2cc(Cc3n[nH]c(=O)c4c3NCCC4)ccc2F)CC1. The summed E-state index contributed by atoms with van der Waals surface area (Å²) in [6.07, 6.45) is 2.90. The van der Waals surface area contributed by atoms with Gasteiger partial charge in [-0.3, -0.25) is 9.59 Å². The molecule has 0 aliphatic carbocycles. The second-order valence-electron chi connectivity index (χ2n) is 7.82. The average molecular weight is 399 g/mol. The van der Waals surface area contributed by atoms with Crippen LogP contribution < -0.4 is 10.9 Å². The fraction of sp³-hybridized carbons (Fsp3) is 0.476. The highest BCUT2D eigenvalue weighted by Crippen LogP contribution is 2.24. The van der Waals surface area contributed by atoms with Crippen molar-refractivity contribution in [2.45, 2.75) is 25.7 Å². The summed E-state index contributed by atoms with van der Waals surface area (Å²) >= 11 is 0. The Hall–Kier alpha value is -2.74. The molecule has 4 rings (SSSR count). The van der Waals surface area contributed by atoms with Crippen molar-refractivity contribution in [3.8, 4) is 0 Å². The first-order valence-corrected chi connectivity index (χ1v) is 10.1. The summed E-state index contributed by atoms with van der Waals surface area (Å²) in [7, 11) is 2.03. The fourth-order valence-corrected chi connectivity index (χ4v) is 4.04. The van der Waals surface area contributed by atoms with E-state index < -0.39 is 5.82 Å². The molecule has 2 aliphatic rings. The third kappa shape index (κ3) is 4.17. The van der Waals surface area contributed by atoms with Crippen molar-refractivity contribution in [1.82, 2.24) is 20.0 Å². The van der Waals surface area contributed by atoms with Crippen LogP contribution in [0.4, 0.5) is 10.1 Å². The van der Waals surface area contributed by atoms with Gasteiger partial charge in [-0.05, 0) is 50.6 Å². The van der Waals surface area contributed by atoms with Gasteiger partial charge in [-0.25, -0.2) is 9.49 Å². The van der Waals surface area contributed by atoms with Crippen molar-refractivity contribution >= 4 is 11.6 Å². The lowest BCUT2D eigenvalue weighted by Gasteiger charge is -2.21. The molecule has 2 N–H and O–H groups in total. The van der Waals surface area contributed by atoms with Crippen LogP contribution in [-0.2, 0) is 12.8 Å². The largest absolute Gasteiger partial charge is 0.383 e. The summed E-state index contributed by atoms with van der Waals surface area (Å²) in [4.78, 5) is 28.9. The lowest BCUT2D eigenvalue weighted by molar-refractivity contribution is 0.0758. The zero-order chi connectivity index (χ0) is 20.4. The van der Waals surface area contributed by atoms with E-state index in [0.29, 0.717) is 37.2 Å². The summed E-state index contributed by atoms with van der Waals surface area (Å²) in [5.41, 5.74) is 2.91. The third-order valence-electron chi connectivity index (χ3n) is 5.70. The van der Waals surface area contributed by atoms with Crippen molar-refractivity contribution in [2.24, 2.45) is 0 Å². The molecule has 2 aliphatic heterocycles. The molecule has 0 saturated carbocycles. The number of rotatable bonds is 3. The number of anilines is 1. The molecule has 3 heterocycles. The van der Waals surface area contributed by atoms with Crippen LogP contribution in [0, 0.1) is 5.82 Å². The van der Waals surface area contributed by atoms with E-state index in [1.54, 1.807) is 17.0 Å². The smallest absolute Gasteiger partial charge is 0.269 e. The monoisotopic (exact) mass is 399 g/mol. The average Bonchev–Trinajstić information content (AvgIpc) is 2.95. The van der Waals surface area contributed by atoms with Crippen molar-refractivity contribution < 1.29 is 9.18 Å². The normalized spacial score (nSPS) is 17.4. The minimum Gasteiger partial charge on any atom is -0.383 e. The molecule has 1 amide bonds. The number of nitrogens with one attached hydrogen (secondary N) is 2. The van der Waals surface area contributed by atoms with E-state index in [4.69, 9.17) is 0 Å². The van der Waals surface area contributed by atoms with Crippen molar-refractivity contribution in [2.75, 3.05) is 45.1 Å². The second kappa shape index (κ2) is 8.32. The van der Waals surface area contributed by atoms with Gasteiger partial charge in [-0.15, -0.1) is 0 Å². The molecule has 1 saturated heterocycles. The number of H-pyrrole nitrogens is 1. The van der Waals surface area contributed by atoms with Gasteiger partial charge < -0.3 is 15.1 Å². The van der Waals surface area contributed by atoms with E-state index >= 15 is 0 Å². The lowest BCUT2D eigenvalue weighted by atomic mass is 9.99. The minimum atomic E-state index is -0.508. The van der Waals surface area contributed by atoms with Gasteiger partial charge in [0.05, 0.1) is 16.9 Å². The van der Waals surface area contributed by atoms with Crippen LogP contribution in [0.25, 0.3) is 0 Å². The number of carbonyl (C=O) groups is 1. The molecule has 2 aromatic rings. The summed E-state index contributed by atoms with van der Waals surface area (Å²) < 4.78 is 14.5. The molecular weight excluding hydrogens is 373 g/mol. The van der Waals surface area contributed by atoms with Gasteiger partial charge in [0, 0.05) is 38.2 Å². The Kier molecular flexibility index (Phi) is 5.62. The van der Waals surface area contributed by atoms with Crippen LogP contribution in [0.5, 0.6) is 0 Å². The van der Waals surface area contributed by atoms with E-state index in [2.05, 4.69) is 20.4 Å². The maximum absolute atomic E-state index is 14.5. The predicted molar refractivity (Wildman–Crippen MR) is 109 cm³/mol. The Labute approximate surface area is 168 Å². The molecule has 1 fully saturated rings. The van der Waals surface area contributed by atoms with Crippen LogP contribution in [-0.4, -0.2) is 65.7 Å². The topological polar surface area (TPSA) is 81.3 Å². The zero-order valence-electron chi connectivity index (χ0n) is 16.6. The van der Waals surface area contributed by atoms with Gasteiger partial charge in [0.15, 0.2) is 0 Å². The van der Waals surface area contributed by atoms with Gasteiger partial charge in [0.1, 0.15) is 5.82 Å². The molecule has 0 unspecified atom stereocenters. The molecule has 0 atom stereocenters. The van der Waals surface area contributed by atoms with Crippen LogP contribution in [0.15, 0.2) is 23.0 Å². The molecule has 29 heavy (non-hydrogen) atoms. The van der Waals surface area contributed by atoms with E-state index in [9.17, 15) is 14.0 Å². The van der Waals surface area contributed by atoms with Crippen LogP contribution in [0.3, 0.4) is 0 Å². The van der Waals surface area contributed by atoms with Crippen LogP contribution in [0.2, 0.25) is 0 Å². The highest BCUT2D eigenvalue weighted by Gasteiger charge is 2.23. The van der Waals surface area contributed by atoms with Crippen molar-refractivity contribution in [1.29, 1.82) is 0 Å². The number of benzene rings is 1. The molecule has 0 spiro atoms.